The third-order valence-electron chi connectivity index (χ3n) is 4.22. The Hall–Kier alpha value is -2.21. The largest absolute Gasteiger partial charge is 0.353 e. The van der Waals surface area contributed by atoms with Crippen LogP contribution < -0.4 is 10.2 Å². The van der Waals surface area contributed by atoms with Crippen molar-refractivity contribution in [3.63, 3.8) is 0 Å². The topological polar surface area (TPSA) is 57.2 Å². The molecular weight excluding hydrogens is 288 g/mol. The Morgan fingerprint density at radius 2 is 2.00 bits per heavy atom. The highest BCUT2D eigenvalue weighted by atomic mass is 15.3. The summed E-state index contributed by atoms with van der Waals surface area (Å²) < 4.78 is 0. The predicted molar refractivity (Wildman–Crippen MR) is 92.7 cm³/mol. The number of rotatable bonds is 5. The standard InChI is InChI=1S/C17H24N6/c1-3-22-7-9-23(10-8-22)16-13-19-21-17(20-16)18-12-15-6-4-5-14(2)11-15/h4-6,11,13H,3,7-10,12H2,1-2H3,(H,18,20,21). The number of likely N-dealkylation sites (N-methyl/N-ethyl adjacent to an activating group) is 1. The quantitative estimate of drug-likeness (QED) is 0.910. The number of aryl methyl sites for hydroxylation is 1. The van der Waals surface area contributed by atoms with Crippen molar-refractivity contribution in [3.05, 3.63) is 41.6 Å². The molecule has 0 bridgehead atoms. The van der Waals surface area contributed by atoms with Gasteiger partial charge in [-0.3, -0.25) is 0 Å². The summed E-state index contributed by atoms with van der Waals surface area (Å²) in [6, 6.07) is 8.42. The molecule has 1 aliphatic rings. The Bertz CT molecular complexity index is 636. The Morgan fingerprint density at radius 1 is 1.17 bits per heavy atom. The van der Waals surface area contributed by atoms with E-state index in [1.54, 1.807) is 6.20 Å². The summed E-state index contributed by atoms with van der Waals surface area (Å²) in [6.45, 7) is 10.2. The zero-order valence-electron chi connectivity index (χ0n) is 13.9. The summed E-state index contributed by atoms with van der Waals surface area (Å²) in [5, 5.41) is 11.5. The summed E-state index contributed by atoms with van der Waals surface area (Å²) in [5.41, 5.74) is 2.47. The van der Waals surface area contributed by atoms with Gasteiger partial charge in [0.1, 0.15) is 0 Å². The third-order valence-corrected chi connectivity index (χ3v) is 4.22. The van der Waals surface area contributed by atoms with Crippen LogP contribution in [0.15, 0.2) is 30.5 Å². The van der Waals surface area contributed by atoms with E-state index in [0.717, 1.165) is 38.5 Å². The van der Waals surface area contributed by atoms with Gasteiger partial charge in [-0.25, -0.2) is 0 Å². The Labute approximate surface area is 137 Å². The second-order valence-electron chi connectivity index (χ2n) is 5.90. The molecule has 3 rings (SSSR count). The van der Waals surface area contributed by atoms with Crippen LogP contribution >= 0.6 is 0 Å². The third kappa shape index (κ3) is 4.16. The van der Waals surface area contributed by atoms with Crippen molar-refractivity contribution in [2.75, 3.05) is 42.9 Å². The zero-order chi connectivity index (χ0) is 16.1. The molecule has 0 saturated carbocycles. The van der Waals surface area contributed by atoms with Crippen LogP contribution in [0.3, 0.4) is 0 Å². The maximum Gasteiger partial charge on any atom is 0.244 e. The monoisotopic (exact) mass is 312 g/mol. The van der Waals surface area contributed by atoms with Crippen LogP contribution in [0.2, 0.25) is 0 Å². The fraction of sp³-hybridized carbons (Fsp3) is 0.471. The lowest BCUT2D eigenvalue weighted by Crippen LogP contribution is -2.46. The molecule has 1 aliphatic heterocycles. The van der Waals surface area contributed by atoms with Gasteiger partial charge in [-0.15, -0.1) is 5.10 Å². The molecule has 0 aliphatic carbocycles. The number of anilines is 2. The molecular formula is C17H24N6. The lowest BCUT2D eigenvalue weighted by molar-refractivity contribution is 0.270. The predicted octanol–water partition coefficient (Wildman–Crippen LogP) is 1.93. The molecule has 0 unspecified atom stereocenters. The lowest BCUT2D eigenvalue weighted by Gasteiger charge is -2.34. The first-order valence-electron chi connectivity index (χ1n) is 8.21. The van der Waals surface area contributed by atoms with Gasteiger partial charge in [-0.1, -0.05) is 36.8 Å². The number of aromatic nitrogens is 3. The van der Waals surface area contributed by atoms with Crippen LogP contribution in [-0.2, 0) is 6.54 Å². The van der Waals surface area contributed by atoms with E-state index in [2.05, 4.69) is 68.4 Å². The van der Waals surface area contributed by atoms with Crippen molar-refractivity contribution in [2.45, 2.75) is 20.4 Å². The van der Waals surface area contributed by atoms with E-state index in [9.17, 15) is 0 Å². The molecule has 0 radical (unpaired) electrons. The van der Waals surface area contributed by atoms with Crippen molar-refractivity contribution in [2.24, 2.45) is 0 Å². The second kappa shape index (κ2) is 7.37. The molecule has 6 nitrogen and oxygen atoms in total. The average Bonchev–Trinajstić information content (AvgIpc) is 2.60. The van der Waals surface area contributed by atoms with Gasteiger partial charge in [0.2, 0.25) is 5.95 Å². The van der Waals surface area contributed by atoms with Crippen LogP contribution in [0.5, 0.6) is 0 Å². The summed E-state index contributed by atoms with van der Waals surface area (Å²) in [5.74, 6) is 1.49. The van der Waals surface area contributed by atoms with Crippen molar-refractivity contribution in [1.29, 1.82) is 0 Å². The molecule has 1 aromatic carbocycles. The van der Waals surface area contributed by atoms with Crippen molar-refractivity contribution >= 4 is 11.8 Å². The SMILES string of the molecule is CCN1CCN(c2cnnc(NCc3cccc(C)c3)n2)CC1. The van der Waals surface area contributed by atoms with Crippen molar-refractivity contribution in [1.82, 2.24) is 20.1 Å². The van der Waals surface area contributed by atoms with Crippen molar-refractivity contribution in [3.8, 4) is 0 Å². The highest BCUT2D eigenvalue weighted by molar-refractivity contribution is 5.41. The van der Waals surface area contributed by atoms with Gasteiger partial charge >= 0.3 is 0 Å². The van der Waals surface area contributed by atoms with Gasteiger partial charge < -0.3 is 15.1 Å². The summed E-state index contributed by atoms with van der Waals surface area (Å²) >= 11 is 0. The molecule has 1 aromatic heterocycles. The number of hydrogen-bond acceptors (Lipinski definition) is 6. The van der Waals surface area contributed by atoms with Gasteiger partial charge in [0, 0.05) is 32.7 Å². The van der Waals surface area contributed by atoms with E-state index in [1.807, 2.05) is 0 Å². The summed E-state index contributed by atoms with van der Waals surface area (Å²) in [6.07, 6.45) is 1.75. The van der Waals surface area contributed by atoms with Gasteiger partial charge in [0.05, 0.1) is 6.20 Å². The minimum absolute atomic E-state index is 0.585. The fourth-order valence-electron chi connectivity index (χ4n) is 2.82. The molecule has 1 fully saturated rings. The molecule has 0 spiro atoms. The first kappa shape index (κ1) is 15.7. The first-order valence-corrected chi connectivity index (χ1v) is 8.21. The normalized spacial score (nSPS) is 15.7. The van der Waals surface area contributed by atoms with E-state index in [-0.39, 0.29) is 0 Å². The Morgan fingerprint density at radius 3 is 2.74 bits per heavy atom. The van der Waals surface area contributed by atoms with E-state index in [1.165, 1.54) is 11.1 Å². The molecule has 23 heavy (non-hydrogen) atoms. The van der Waals surface area contributed by atoms with E-state index in [4.69, 9.17) is 0 Å². The number of benzene rings is 1. The van der Waals surface area contributed by atoms with E-state index < -0.39 is 0 Å². The van der Waals surface area contributed by atoms with Gasteiger partial charge in [0.25, 0.3) is 0 Å². The van der Waals surface area contributed by atoms with Gasteiger partial charge in [-0.05, 0) is 19.0 Å². The number of nitrogens with zero attached hydrogens (tertiary/aromatic N) is 5. The number of piperazine rings is 1. The van der Waals surface area contributed by atoms with E-state index >= 15 is 0 Å². The summed E-state index contributed by atoms with van der Waals surface area (Å²) in [7, 11) is 0. The molecule has 0 atom stereocenters. The highest BCUT2D eigenvalue weighted by Crippen LogP contribution is 2.14. The molecule has 2 aromatic rings. The average molecular weight is 312 g/mol. The number of nitrogens with one attached hydrogen (secondary N) is 1. The molecule has 1 saturated heterocycles. The van der Waals surface area contributed by atoms with Gasteiger partial charge in [-0.2, -0.15) is 10.1 Å². The second-order valence-corrected chi connectivity index (χ2v) is 5.90. The molecule has 2 heterocycles. The smallest absolute Gasteiger partial charge is 0.244 e. The minimum Gasteiger partial charge on any atom is -0.353 e. The lowest BCUT2D eigenvalue weighted by atomic mass is 10.1. The van der Waals surface area contributed by atoms with Crippen LogP contribution in [-0.4, -0.2) is 52.8 Å². The molecule has 122 valence electrons. The molecule has 0 amide bonds. The highest BCUT2D eigenvalue weighted by Gasteiger charge is 2.17. The van der Waals surface area contributed by atoms with E-state index in [0.29, 0.717) is 12.5 Å². The van der Waals surface area contributed by atoms with Crippen molar-refractivity contribution < 1.29 is 0 Å². The van der Waals surface area contributed by atoms with Crippen LogP contribution in [0.4, 0.5) is 11.8 Å². The molecule has 6 heteroatoms. The fourth-order valence-corrected chi connectivity index (χ4v) is 2.82. The first-order chi connectivity index (χ1) is 11.2. The van der Waals surface area contributed by atoms with Crippen LogP contribution in [0.1, 0.15) is 18.1 Å². The Balaban J connectivity index is 1.61. The van der Waals surface area contributed by atoms with Crippen LogP contribution in [0.25, 0.3) is 0 Å². The van der Waals surface area contributed by atoms with Crippen LogP contribution in [0, 0.1) is 6.92 Å². The Kier molecular flexibility index (Phi) is 5.02. The maximum absolute atomic E-state index is 4.61. The minimum atomic E-state index is 0.585. The number of hydrogen-bond donors (Lipinski definition) is 1. The zero-order valence-corrected chi connectivity index (χ0v) is 13.9. The molecule has 1 N–H and O–H groups in total. The van der Waals surface area contributed by atoms with Gasteiger partial charge in [0.15, 0.2) is 5.82 Å². The summed E-state index contributed by atoms with van der Waals surface area (Å²) in [4.78, 5) is 9.33. The maximum atomic E-state index is 4.61.